The van der Waals surface area contributed by atoms with Gasteiger partial charge in [0.1, 0.15) is 18.1 Å². The smallest absolute Gasteiger partial charge is 0.410 e. The molecule has 2 aromatic heterocycles. The maximum absolute atomic E-state index is 11.6. The molecule has 1 aliphatic heterocycles. The van der Waals surface area contributed by atoms with Crippen molar-refractivity contribution in [1.82, 2.24) is 9.88 Å². The van der Waals surface area contributed by atoms with Gasteiger partial charge in [0.05, 0.1) is 24.1 Å². The molecule has 20 heavy (non-hydrogen) atoms. The number of aliphatic hydroxyl groups is 1. The number of hydrogen-bond donors (Lipinski definition) is 1. The molecular formula is C13H14N2O4S. The predicted octanol–water partition coefficient (Wildman–Crippen LogP) is 2.02. The van der Waals surface area contributed by atoms with Crippen LogP contribution in [0.2, 0.25) is 0 Å². The summed E-state index contributed by atoms with van der Waals surface area (Å²) in [6, 6.07) is 3.54. The van der Waals surface area contributed by atoms with Crippen molar-refractivity contribution in [2.24, 2.45) is 0 Å². The maximum atomic E-state index is 11.6. The second-order valence-corrected chi connectivity index (χ2v) is 5.49. The Balaban J connectivity index is 1.82. The lowest BCUT2D eigenvalue weighted by Gasteiger charge is -2.18. The zero-order valence-electron chi connectivity index (χ0n) is 10.9. The fourth-order valence-corrected chi connectivity index (χ4v) is 2.73. The second kappa shape index (κ2) is 5.26. The minimum atomic E-state index is -0.427. The van der Waals surface area contributed by atoms with Crippen LogP contribution in [-0.2, 0) is 11.3 Å². The van der Waals surface area contributed by atoms with Crippen molar-refractivity contribution < 1.29 is 19.1 Å². The Morgan fingerprint density at radius 1 is 1.60 bits per heavy atom. The van der Waals surface area contributed by atoms with Crippen LogP contribution in [0.5, 0.6) is 0 Å². The minimum Gasteiger partial charge on any atom is -0.447 e. The number of aromatic nitrogens is 1. The van der Waals surface area contributed by atoms with Crippen LogP contribution in [0, 0.1) is 6.92 Å². The van der Waals surface area contributed by atoms with Gasteiger partial charge in [0.25, 0.3) is 0 Å². The molecule has 6 nitrogen and oxygen atoms in total. The van der Waals surface area contributed by atoms with Gasteiger partial charge in [-0.25, -0.2) is 9.78 Å². The van der Waals surface area contributed by atoms with Gasteiger partial charge >= 0.3 is 6.09 Å². The first-order valence-electron chi connectivity index (χ1n) is 6.23. The number of thiophene rings is 1. The number of cyclic esters (lactones) is 1. The third-order valence-electron chi connectivity index (χ3n) is 3.23. The van der Waals surface area contributed by atoms with Crippen molar-refractivity contribution in [2.45, 2.75) is 19.5 Å². The molecule has 1 saturated heterocycles. The molecule has 1 atom stereocenters. The summed E-state index contributed by atoms with van der Waals surface area (Å²) < 4.78 is 10.6. The first kappa shape index (κ1) is 13.1. The summed E-state index contributed by atoms with van der Waals surface area (Å²) in [5, 5.41) is 11.2. The molecule has 1 N–H and O–H groups in total. The van der Waals surface area contributed by atoms with Crippen LogP contribution >= 0.6 is 11.3 Å². The number of oxazole rings is 1. The highest BCUT2D eigenvalue weighted by atomic mass is 32.1. The van der Waals surface area contributed by atoms with Crippen LogP contribution in [0.4, 0.5) is 4.79 Å². The summed E-state index contributed by atoms with van der Waals surface area (Å²) in [7, 11) is 0. The molecule has 1 amide bonds. The van der Waals surface area contributed by atoms with Crippen molar-refractivity contribution in [3.05, 3.63) is 29.0 Å². The van der Waals surface area contributed by atoms with Crippen molar-refractivity contribution in [2.75, 3.05) is 13.2 Å². The fourth-order valence-electron chi connectivity index (χ4n) is 2.08. The fraction of sp³-hybridized carbons (Fsp3) is 0.385. The highest BCUT2D eigenvalue weighted by Gasteiger charge is 2.33. The molecule has 7 heteroatoms. The highest BCUT2D eigenvalue weighted by Crippen LogP contribution is 2.27. The first-order chi connectivity index (χ1) is 9.69. The molecule has 0 aliphatic carbocycles. The van der Waals surface area contributed by atoms with E-state index < -0.39 is 6.09 Å². The van der Waals surface area contributed by atoms with E-state index in [1.54, 1.807) is 11.3 Å². The van der Waals surface area contributed by atoms with Gasteiger partial charge in [0, 0.05) is 0 Å². The number of aryl methyl sites for hydroxylation is 1. The largest absolute Gasteiger partial charge is 0.447 e. The number of aliphatic hydroxyl groups excluding tert-OH is 1. The average molecular weight is 294 g/mol. The Hall–Kier alpha value is -1.86. The summed E-state index contributed by atoms with van der Waals surface area (Å²) in [5.41, 5.74) is 0.686. The lowest BCUT2D eigenvalue weighted by Crippen LogP contribution is -2.35. The highest BCUT2D eigenvalue weighted by molar-refractivity contribution is 7.13. The van der Waals surface area contributed by atoms with E-state index in [-0.39, 0.29) is 25.8 Å². The molecular weight excluding hydrogens is 280 g/mol. The molecule has 0 aromatic carbocycles. The average Bonchev–Trinajstić information content (AvgIpc) is 3.13. The zero-order chi connectivity index (χ0) is 14.1. The standard InChI is InChI=1S/C13H14N2O4S/c1-8-10(5-15-9(6-16)7-18-13(15)17)14-12(19-8)11-3-2-4-20-11/h2-4,9,16H,5-7H2,1H3/t9-/m0/s1. The van der Waals surface area contributed by atoms with Gasteiger partial charge in [-0.3, -0.25) is 4.90 Å². The lowest BCUT2D eigenvalue weighted by atomic mass is 10.2. The number of carbonyl (C=O) groups excluding carboxylic acids is 1. The number of rotatable bonds is 4. The van der Waals surface area contributed by atoms with E-state index in [2.05, 4.69) is 4.98 Å². The minimum absolute atomic E-state index is 0.125. The van der Waals surface area contributed by atoms with Crippen LogP contribution in [0.3, 0.4) is 0 Å². The molecule has 106 valence electrons. The van der Waals surface area contributed by atoms with Gasteiger partial charge in [-0.05, 0) is 18.4 Å². The molecule has 2 aromatic rings. The van der Waals surface area contributed by atoms with Gasteiger partial charge in [0.2, 0.25) is 5.89 Å². The van der Waals surface area contributed by atoms with Crippen LogP contribution in [-0.4, -0.2) is 40.3 Å². The van der Waals surface area contributed by atoms with E-state index >= 15 is 0 Å². The summed E-state index contributed by atoms with van der Waals surface area (Å²) in [5.74, 6) is 1.23. The second-order valence-electron chi connectivity index (χ2n) is 4.54. The van der Waals surface area contributed by atoms with E-state index in [1.165, 1.54) is 4.90 Å². The quantitative estimate of drug-likeness (QED) is 0.933. The first-order valence-corrected chi connectivity index (χ1v) is 7.11. The Morgan fingerprint density at radius 2 is 2.45 bits per heavy atom. The van der Waals surface area contributed by atoms with E-state index in [0.29, 0.717) is 17.3 Å². The normalized spacial score (nSPS) is 18.6. The van der Waals surface area contributed by atoms with Gasteiger partial charge in [0.15, 0.2) is 0 Å². The SMILES string of the molecule is Cc1oc(-c2cccs2)nc1CN1C(=O)OC[C@@H]1CO. The Labute approximate surface area is 119 Å². The topological polar surface area (TPSA) is 75.8 Å². The molecule has 0 saturated carbocycles. The van der Waals surface area contributed by atoms with Gasteiger partial charge in [-0.1, -0.05) is 6.07 Å². The van der Waals surface area contributed by atoms with E-state index in [4.69, 9.17) is 9.15 Å². The molecule has 1 aliphatic rings. The third kappa shape index (κ3) is 2.30. The Kier molecular flexibility index (Phi) is 3.45. The summed E-state index contributed by atoms with van der Waals surface area (Å²) >= 11 is 1.54. The third-order valence-corrected chi connectivity index (χ3v) is 4.09. The van der Waals surface area contributed by atoms with Gasteiger partial charge in [-0.2, -0.15) is 0 Å². The monoisotopic (exact) mass is 294 g/mol. The summed E-state index contributed by atoms with van der Waals surface area (Å²) in [4.78, 5) is 18.5. The van der Waals surface area contributed by atoms with Crippen molar-refractivity contribution in [1.29, 1.82) is 0 Å². The van der Waals surface area contributed by atoms with E-state index in [1.807, 2.05) is 24.4 Å². The van der Waals surface area contributed by atoms with Crippen LogP contribution in [0.1, 0.15) is 11.5 Å². The lowest BCUT2D eigenvalue weighted by molar-refractivity contribution is 0.150. The van der Waals surface area contributed by atoms with Crippen molar-refractivity contribution in [3.8, 4) is 10.8 Å². The number of amides is 1. The summed E-state index contributed by atoms with van der Waals surface area (Å²) in [6.45, 7) is 2.18. The van der Waals surface area contributed by atoms with E-state index in [0.717, 1.165) is 4.88 Å². The molecule has 1 fully saturated rings. The molecule has 3 rings (SSSR count). The van der Waals surface area contributed by atoms with Crippen LogP contribution in [0.25, 0.3) is 10.8 Å². The van der Waals surface area contributed by atoms with E-state index in [9.17, 15) is 9.90 Å². The molecule has 0 radical (unpaired) electrons. The number of nitrogens with zero attached hydrogens (tertiary/aromatic N) is 2. The van der Waals surface area contributed by atoms with Crippen LogP contribution < -0.4 is 0 Å². The maximum Gasteiger partial charge on any atom is 0.410 e. The molecule has 3 heterocycles. The summed E-state index contributed by atoms with van der Waals surface area (Å²) in [6.07, 6.45) is -0.427. The molecule has 0 unspecified atom stereocenters. The predicted molar refractivity (Wildman–Crippen MR) is 72.3 cm³/mol. The number of ether oxygens (including phenoxy) is 1. The van der Waals surface area contributed by atoms with Gasteiger partial charge < -0.3 is 14.3 Å². The Morgan fingerprint density at radius 3 is 3.15 bits per heavy atom. The van der Waals surface area contributed by atoms with Crippen molar-refractivity contribution in [3.63, 3.8) is 0 Å². The van der Waals surface area contributed by atoms with Crippen LogP contribution in [0.15, 0.2) is 21.9 Å². The zero-order valence-corrected chi connectivity index (χ0v) is 11.7. The van der Waals surface area contributed by atoms with Crippen molar-refractivity contribution >= 4 is 17.4 Å². The Bertz CT molecular complexity index is 608. The molecule has 0 bridgehead atoms. The number of carbonyl (C=O) groups is 1. The molecule has 0 spiro atoms. The number of hydrogen-bond acceptors (Lipinski definition) is 6. The van der Waals surface area contributed by atoms with Gasteiger partial charge in [-0.15, -0.1) is 11.3 Å².